The van der Waals surface area contributed by atoms with Gasteiger partial charge in [-0.2, -0.15) is 0 Å². The van der Waals surface area contributed by atoms with Crippen molar-refractivity contribution >= 4 is 17.9 Å². The second-order valence-electron chi connectivity index (χ2n) is 17.7. The van der Waals surface area contributed by atoms with Crippen LogP contribution in [0.2, 0.25) is 0 Å². The van der Waals surface area contributed by atoms with Crippen LogP contribution in [0.25, 0.3) is 0 Å². The van der Waals surface area contributed by atoms with Crippen LogP contribution in [0.5, 0.6) is 0 Å². The van der Waals surface area contributed by atoms with Crippen LogP contribution in [0.3, 0.4) is 0 Å². The third kappa shape index (κ3) is 54.4. The molecule has 0 aliphatic heterocycles. The summed E-state index contributed by atoms with van der Waals surface area (Å²) in [5, 5.41) is 0. The maximum absolute atomic E-state index is 12.8. The molecule has 0 unspecified atom stereocenters. The number of hydrogen-bond donors (Lipinski definition) is 0. The molecule has 0 fully saturated rings. The van der Waals surface area contributed by atoms with Crippen molar-refractivity contribution in [3.63, 3.8) is 0 Å². The van der Waals surface area contributed by atoms with Crippen molar-refractivity contribution in [2.45, 2.75) is 232 Å². The predicted molar refractivity (Wildman–Crippen MR) is 297 cm³/mol. The highest BCUT2D eigenvalue weighted by Crippen LogP contribution is 2.13. The van der Waals surface area contributed by atoms with Gasteiger partial charge in [0.15, 0.2) is 6.10 Å². The van der Waals surface area contributed by atoms with Crippen molar-refractivity contribution in [2.24, 2.45) is 0 Å². The molecule has 0 saturated heterocycles. The van der Waals surface area contributed by atoms with E-state index in [2.05, 4.69) is 142 Å². The fourth-order valence-corrected chi connectivity index (χ4v) is 7.04. The van der Waals surface area contributed by atoms with Crippen molar-refractivity contribution in [1.29, 1.82) is 0 Å². The number of carbonyl (C=O) groups is 3. The Hall–Kier alpha value is -4.45. The largest absolute Gasteiger partial charge is 0.462 e. The average Bonchev–Trinajstić information content (AvgIpc) is 3.35. The van der Waals surface area contributed by atoms with Crippen molar-refractivity contribution < 1.29 is 28.6 Å². The zero-order chi connectivity index (χ0) is 50.0. The Balaban J connectivity index is 4.58. The zero-order valence-corrected chi connectivity index (χ0v) is 44.3. The molecule has 0 N–H and O–H groups in total. The van der Waals surface area contributed by atoms with Crippen molar-refractivity contribution in [3.8, 4) is 0 Å². The van der Waals surface area contributed by atoms with E-state index in [9.17, 15) is 14.4 Å². The third-order valence-corrected chi connectivity index (χ3v) is 11.1. The standard InChI is InChI=1S/C63H100O6/c1-4-7-10-13-16-19-22-25-28-30-31-33-35-38-41-44-47-50-53-56-62(65)68-59-60(58-67-61(64)55-52-49-46-43-40-37-34-27-24-21-18-15-12-9-6-3)69-63(66)57-54-51-48-45-42-39-36-32-29-26-23-20-17-14-11-8-5-2/h7,9-10,12,16,18-19,21,25-29,31,33-34,38,40-41,43,47,50,60H,4-6,8,11,13-15,17,20,22-24,30,32,35-37,39,42,44-46,48-49,51-59H2,1-3H3/b10-7-,12-9-,19-16-,21-18-,28-25-,29-26-,33-31-,34-27-,41-38-,43-40-,50-47-/t60-/m1/s1. The summed E-state index contributed by atoms with van der Waals surface area (Å²) in [5.41, 5.74) is 0. The van der Waals surface area contributed by atoms with Crippen LogP contribution >= 0.6 is 0 Å². The van der Waals surface area contributed by atoms with Crippen LogP contribution in [0.1, 0.15) is 226 Å². The fraction of sp³-hybridized carbons (Fsp3) is 0.603. The van der Waals surface area contributed by atoms with Gasteiger partial charge in [-0.25, -0.2) is 0 Å². The highest BCUT2D eigenvalue weighted by molar-refractivity contribution is 5.71. The molecule has 0 aliphatic carbocycles. The monoisotopic (exact) mass is 953 g/mol. The summed E-state index contributed by atoms with van der Waals surface area (Å²) in [5.74, 6) is -1.06. The molecule has 0 aliphatic rings. The van der Waals surface area contributed by atoms with E-state index in [1.54, 1.807) is 0 Å². The fourth-order valence-electron chi connectivity index (χ4n) is 7.04. The Bertz CT molecular complexity index is 1510. The minimum absolute atomic E-state index is 0.129. The first-order chi connectivity index (χ1) is 34.0. The molecule has 1 atom stereocenters. The summed E-state index contributed by atoms with van der Waals surface area (Å²) >= 11 is 0. The van der Waals surface area contributed by atoms with Crippen LogP contribution < -0.4 is 0 Å². The Morgan fingerprint density at radius 2 is 0.594 bits per heavy atom. The van der Waals surface area contributed by atoms with Gasteiger partial charge in [-0.15, -0.1) is 0 Å². The minimum atomic E-state index is -0.833. The van der Waals surface area contributed by atoms with Gasteiger partial charge in [0, 0.05) is 19.3 Å². The van der Waals surface area contributed by atoms with E-state index < -0.39 is 6.10 Å². The molecule has 0 amide bonds. The first-order valence-electron chi connectivity index (χ1n) is 27.7. The van der Waals surface area contributed by atoms with Gasteiger partial charge >= 0.3 is 17.9 Å². The number of allylic oxidation sites excluding steroid dienone is 22. The number of unbranched alkanes of at least 4 members (excludes halogenated alkanes) is 15. The quantitative estimate of drug-likeness (QED) is 0.0262. The molecule has 0 rings (SSSR count). The number of esters is 3. The van der Waals surface area contributed by atoms with Crippen LogP contribution in [0.15, 0.2) is 134 Å². The molecule has 0 heterocycles. The van der Waals surface area contributed by atoms with Crippen molar-refractivity contribution in [2.75, 3.05) is 13.2 Å². The van der Waals surface area contributed by atoms with E-state index >= 15 is 0 Å². The van der Waals surface area contributed by atoms with E-state index in [1.165, 1.54) is 77.0 Å². The highest BCUT2D eigenvalue weighted by atomic mass is 16.6. The molecule has 0 bridgehead atoms. The Kier molecular flexibility index (Phi) is 52.5. The van der Waals surface area contributed by atoms with Gasteiger partial charge in [-0.1, -0.05) is 219 Å². The molecule has 388 valence electrons. The predicted octanol–water partition coefficient (Wildman–Crippen LogP) is 18.6. The van der Waals surface area contributed by atoms with Crippen molar-refractivity contribution in [3.05, 3.63) is 134 Å². The van der Waals surface area contributed by atoms with Crippen LogP contribution in [-0.2, 0) is 28.6 Å². The molecule has 6 nitrogen and oxygen atoms in total. The van der Waals surface area contributed by atoms with E-state index in [4.69, 9.17) is 14.2 Å². The summed E-state index contributed by atoms with van der Waals surface area (Å²) in [6.45, 7) is 6.29. The van der Waals surface area contributed by atoms with Gasteiger partial charge in [0.2, 0.25) is 0 Å². The van der Waals surface area contributed by atoms with Crippen LogP contribution in [0, 0.1) is 0 Å². The normalized spacial score (nSPS) is 13.1. The zero-order valence-electron chi connectivity index (χ0n) is 44.3. The maximum Gasteiger partial charge on any atom is 0.306 e. The third-order valence-electron chi connectivity index (χ3n) is 11.1. The molecule has 0 aromatic rings. The van der Waals surface area contributed by atoms with Gasteiger partial charge in [-0.3, -0.25) is 14.4 Å². The first kappa shape index (κ1) is 64.5. The van der Waals surface area contributed by atoms with Gasteiger partial charge < -0.3 is 14.2 Å². The summed E-state index contributed by atoms with van der Waals surface area (Å²) in [6.07, 6.45) is 78.8. The summed E-state index contributed by atoms with van der Waals surface area (Å²) in [4.78, 5) is 38.1. The van der Waals surface area contributed by atoms with E-state index in [0.717, 1.165) is 96.3 Å². The van der Waals surface area contributed by atoms with E-state index in [0.29, 0.717) is 19.3 Å². The lowest BCUT2D eigenvalue weighted by Gasteiger charge is -2.18. The summed E-state index contributed by atoms with van der Waals surface area (Å²) in [7, 11) is 0. The topological polar surface area (TPSA) is 78.9 Å². The van der Waals surface area contributed by atoms with Gasteiger partial charge in [-0.05, 0) is 122 Å². The lowest BCUT2D eigenvalue weighted by Crippen LogP contribution is -2.30. The Morgan fingerprint density at radius 3 is 1.01 bits per heavy atom. The van der Waals surface area contributed by atoms with Crippen LogP contribution in [-0.4, -0.2) is 37.2 Å². The molecule has 0 spiro atoms. The van der Waals surface area contributed by atoms with E-state index in [-0.39, 0.29) is 44.0 Å². The molecular weight excluding hydrogens is 853 g/mol. The number of ether oxygens (including phenoxy) is 3. The maximum atomic E-state index is 12.8. The van der Waals surface area contributed by atoms with Crippen LogP contribution in [0.4, 0.5) is 0 Å². The molecular formula is C63H100O6. The van der Waals surface area contributed by atoms with E-state index in [1.807, 2.05) is 12.2 Å². The lowest BCUT2D eigenvalue weighted by molar-refractivity contribution is -0.166. The number of hydrogen-bond acceptors (Lipinski definition) is 6. The smallest absolute Gasteiger partial charge is 0.306 e. The van der Waals surface area contributed by atoms with Gasteiger partial charge in [0.1, 0.15) is 13.2 Å². The SMILES string of the molecule is CC/C=C\C/C=C\C/C=C\C/C=C\C/C=C\C/C=C\CCC(=O)OC[C@@H](COC(=O)CCCC/C=C\C/C=C\C/C=C\C/C=C\CC)OC(=O)CCCCCCCCC/C=C\CCCCCCCC. The first-order valence-corrected chi connectivity index (χ1v) is 27.7. The molecule has 0 radical (unpaired) electrons. The van der Waals surface area contributed by atoms with Crippen molar-refractivity contribution in [1.82, 2.24) is 0 Å². The minimum Gasteiger partial charge on any atom is -0.462 e. The highest BCUT2D eigenvalue weighted by Gasteiger charge is 2.19. The van der Waals surface area contributed by atoms with Gasteiger partial charge in [0.05, 0.1) is 0 Å². The number of rotatable bonds is 48. The molecule has 6 heteroatoms. The molecule has 69 heavy (non-hydrogen) atoms. The second kappa shape index (κ2) is 56.1. The number of carbonyl (C=O) groups excluding carboxylic acids is 3. The Labute approximate surface area is 424 Å². The average molecular weight is 953 g/mol. The summed E-state index contributed by atoms with van der Waals surface area (Å²) < 4.78 is 16.7. The second-order valence-corrected chi connectivity index (χ2v) is 17.7. The molecule has 0 saturated carbocycles. The van der Waals surface area contributed by atoms with Gasteiger partial charge in [0.25, 0.3) is 0 Å². The molecule has 0 aromatic heterocycles. The molecule has 0 aromatic carbocycles. The lowest BCUT2D eigenvalue weighted by atomic mass is 10.1. The summed E-state index contributed by atoms with van der Waals surface area (Å²) in [6, 6.07) is 0. The Morgan fingerprint density at radius 1 is 0.304 bits per heavy atom.